The predicted molar refractivity (Wildman–Crippen MR) is 94.3 cm³/mol. The monoisotopic (exact) mass is 329 g/mol. The van der Waals surface area contributed by atoms with E-state index in [2.05, 4.69) is 55.3 Å². The Balaban J connectivity index is 0.00000156. The topological polar surface area (TPSA) is 25.6 Å². The molecular weight excluding hydrogens is 310 g/mol. The van der Waals surface area contributed by atoms with E-state index < -0.39 is 0 Å². The molecule has 0 saturated heterocycles. The molecule has 0 fully saturated rings. The summed E-state index contributed by atoms with van der Waals surface area (Å²) in [7, 11) is 2.09. The van der Waals surface area contributed by atoms with Gasteiger partial charge in [-0.25, -0.2) is 0 Å². The second-order valence-corrected chi connectivity index (χ2v) is 6.11. The summed E-state index contributed by atoms with van der Waals surface area (Å²) in [4.78, 5) is 2.22. The molecule has 0 N–H and O–H groups in total. The average Bonchev–Trinajstić information content (AvgIpc) is 2.95. The molecule has 1 aliphatic heterocycles. The number of benzene rings is 2. The predicted octanol–water partition coefficient (Wildman–Crippen LogP) is 4.73. The molecule has 0 aliphatic carbocycles. The van der Waals surface area contributed by atoms with E-state index in [1.807, 2.05) is 6.07 Å². The molecule has 0 radical (unpaired) electrons. The smallest absolute Gasteiger partial charge is 0.140 e. The van der Waals surface area contributed by atoms with Crippen molar-refractivity contribution >= 4 is 23.2 Å². The fourth-order valence-corrected chi connectivity index (χ4v) is 3.14. The SMILES string of the molecule is Cc1ccc2cc(OC3CN(C)Cc4occc43)ccc2c1.Cl. The third kappa shape index (κ3) is 3.07. The number of hydrogen-bond donors (Lipinski definition) is 0. The highest BCUT2D eigenvalue weighted by Gasteiger charge is 2.27. The van der Waals surface area contributed by atoms with Crippen LogP contribution in [0.25, 0.3) is 10.8 Å². The van der Waals surface area contributed by atoms with Crippen LogP contribution in [0.3, 0.4) is 0 Å². The maximum atomic E-state index is 6.25. The van der Waals surface area contributed by atoms with Crippen molar-refractivity contribution in [2.45, 2.75) is 19.6 Å². The lowest BCUT2D eigenvalue weighted by Crippen LogP contribution is -2.32. The molecule has 0 spiro atoms. The van der Waals surface area contributed by atoms with Crippen LogP contribution in [-0.2, 0) is 6.54 Å². The molecule has 23 heavy (non-hydrogen) atoms. The quantitative estimate of drug-likeness (QED) is 0.679. The number of ether oxygens (including phenoxy) is 1. The van der Waals surface area contributed by atoms with Gasteiger partial charge in [-0.15, -0.1) is 12.4 Å². The van der Waals surface area contributed by atoms with Crippen LogP contribution < -0.4 is 4.74 Å². The van der Waals surface area contributed by atoms with Crippen molar-refractivity contribution in [1.82, 2.24) is 4.90 Å². The van der Waals surface area contributed by atoms with E-state index in [9.17, 15) is 0 Å². The molecule has 2 heterocycles. The van der Waals surface area contributed by atoms with Gasteiger partial charge in [-0.1, -0.05) is 29.8 Å². The Bertz CT molecular complexity index is 827. The molecule has 1 atom stereocenters. The lowest BCUT2D eigenvalue weighted by atomic mass is 10.0. The van der Waals surface area contributed by atoms with Gasteiger partial charge >= 0.3 is 0 Å². The van der Waals surface area contributed by atoms with E-state index in [1.165, 1.54) is 21.9 Å². The highest BCUT2D eigenvalue weighted by molar-refractivity contribution is 5.85. The summed E-state index contributed by atoms with van der Waals surface area (Å²) in [6.45, 7) is 3.83. The van der Waals surface area contributed by atoms with Crippen LogP contribution in [0.4, 0.5) is 0 Å². The number of rotatable bonds is 2. The van der Waals surface area contributed by atoms with Crippen molar-refractivity contribution in [3.8, 4) is 5.75 Å². The first-order chi connectivity index (χ1) is 10.7. The fourth-order valence-electron chi connectivity index (χ4n) is 3.14. The molecule has 1 aromatic heterocycles. The number of halogens is 1. The Kier molecular flexibility index (Phi) is 4.33. The standard InChI is InChI=1S/C19H19NO2.ClH/c1-13-3-4-15-10-16(6-5-14(15)9-13)22-19-12-20(2)11-18-17(19)7-8-21-18;/h3-10,19H,11-12H2,1-2H3;1H. The molecule has 3 aromatic rings. The first-order valence-electron chi connectivity index (χ1n) is 7.61. The van der Waals surface area contributed by atoms with Gasteiger partial charge in [0.15, 0.2) is 0 Å². The molecule has 4 rings (SSSR count). The Morgan fingerprint density at radius 3 is 2.74 bits per heavy atom. The minimum Gasteiger partial charge on any atom is -0.484 e. The zero-order valence-corrected chi connectivity index (χ0v) is 14.1. The van der Waals surface area contributed by atoms with Crippen molar-refractivity contribution in [3.63, 3.8) is 0 Å². The van der Waals surface area contributed by atoms with Crippen LogP contribution in [0.15, 0.2) is 53.1 Å². The third-order valence-corrected chi connectivity index (χ3v) is 4.26. The summed E-state index contributed by atoms with van der Waals surface area (Å²) in [6, 6.07) is 14.8. The Labute approximate surface area is 142 Å². The van der Waals surface area contributed by atoms with Crippen LogP contribution in [0.2, 0.25) is 0 Å². The van der Waals surface area contributed by atoms with E-state index in [0.717, 1.165) is 24.6 Å². The number of aryl methyl sites for hydroxylation is 1. The van der Waals surface area contributed by atoms with E-state index in [1.54, 1.807) is 6.26 Å². The van der Waals surface area contributed by atoms with Crippen molar-refractivity contribution in [3.05, 3.63) is 65.6 Å². The summed E-state index contributed by atoms with van der Waals surface area (Å²) < 4.78 is 11.8. The zero-order chi connectivity index (χ0) is 15.1. The second-order valence-electron chi connectivity index (χ2n) is 6.11. The van der Waals surface area contributed by atoms with Gasteiger partial charge in [-0.3, -0.25) is 4.90 Å². The van der Waals surface area contributed by atoms with Crippen molar-refractivity contribution in [2.75, 3.05) is 13.6 Å². The molecule has 4 heteroatoms. The molecule has 3 nitrogen and oxygen atoms in total. The van der Waals surface area contributed by atoms with Gasteiger partial charge in [0, 0.05) is 12.1 Å². The molecule has 1 unspecified atom stereocenters. The summed E-state index contributed by atoms with van der Waals surface area (Å²) in [5, 5.41) is 2.46. The first-order valence-corrected chi connectivity index (χ1v) is 7.61. The fraction of sp³-hybridized carbons (Fsp3) is 0.263. The number of furan rings is 1. The van der Waals surface area contributed by atoms with Gasteiger partial charge in [0.25, 0.3) is 0 Å². The maximum Gasteiger partial charge on any atom is 0.140 e. The highest BCUT2D eigenvalue weighted by atomic mass is 35.5. The molecule has 2 aromatic carbocycles. The normalized spacial score (nSPS) is 17.6. The van der Waals surface area contributed by atoms with Gasteiger partial charge in [0.1, 0.15) is 17.6 Å². The van der Waals surface area contributed by atoms with Crippen molar-refractivity contribution in [2.24, 2.45) is 0 Å². The molecule has 120 valence electrons. The summed E-state index contributed by atoms with van der Waals surface area (Å²) in [6.07, 6.45) is 1.78. The largest absolute Gasteiger partial charge is 0.484 e. The number of fused-ring (bicyclic) bond motifs is 2. The van der Waals surface area contributed by atoms with Crippen LogP contribution in [0, 0.1) is 6.92 Å². The van der Waals surface area contributed by atoms with Crippen LogP contribution >= 0.6 is 12.4 Å². The first kappa shape index (κ1) is 15.9. The molecule has 0 bridgehead atoms. The second kappa shape index (κ2) is 6.26. The number of nitrogens with zero attached hydrogens (tertiary/aromatic N) is 1. The summed E-state index contributed by atoms with van der Waals surface area (Å²) in [5.74, 6) is 1.92. The maximum absolute atomic E-state index is 6.25. The Morgan fingerprint density at radius 1 is 1.09 bits per heavy atom. The molecule has 0 amide bonds. The molecule has 1 aliphatic rings. The van der Waals surface area contributed by atoms with Gasteiger partial charge in [0.05, 0.1) is 12.8 Å². The van der Waals surface area contributed by atoms with Crippen LogP contribution in [0.1, 0.15) is 23.0 Å². The van der Waals surface area contributed by atoms with E-state index in [4.69, 9.17) is 9.15 Å². The zero-order valence-electron chi connectivity index (χ0n) is 13.3. The van der Waals surface area contributed by atoms with E-state index in [0.29, 0.717) is 0 Å². The van der Waals surface area contributed by atoms with Crippen molar-refractivity contribution in [1.29, 1.82) is 0 Å². The minimum atomic E-state index is 0. The lowest BCUT2D eigenvalue weighted by molar-refractivity contribution is 0.120. The Hall–Kier alpha value is -1.97. The summed E-state index contributed by atoms with van der Waals surface area (Å²) in [5.41, 5.74) is 2.44. The van der Waals surface area contributed by atoms with Gasteiger partial charge < -0.3 is 9.15 Å². The van der Waals surface area contributed by atoms with Gasteiger partial charge in [-0.05, 0) is 42.9 Å². The number of hydrogen-bond acceptors (Lipinski definition) is 3. The third-order valence-electron chi connectivity index (χ3n) is 4.26. The van der Waals surface area contributed by atoms with Gasteiger partial charge in [-0.2, -0.15) is 0 Å². The van der Waals surface area contributed by atoms with E-state index >= 15 is 0 Å². The van der Waals surface area contributed by atoms with Gasteiger partial charge in [0.2, 0.25) is 0 Å². The average molecular weight is 330 g/mol. The lowest BCUT2D eigenvalue weighted by Gasteiger charge is -2.29. The van der Waals surface area contributed by atoms with Crippen molar-refractivity contribution < 1.29 is 9.15 Å². The molecular formula is C19H20ClNO2. The Morgan fingerprint density at radius 2 is 1.87 bits per heavy atom. The minimum absolute atomic E-state index is 0. The highest BCUT2D eigenvalue weighted by Crippen LogP contribution is 2.32. The number of likely N-dealkylation sites (N-methyl/N-ethyl adjacent to an activating group) is 1. The van der Waals surface area contributed by atoms with Crippen LogP contribution in [0.5, 0.6) is 5.75 Å². The molecule has 0 saturated carbocycles. The summed E-state index contributed by atoms with van der Waals surface area (Å²) >= 11 is 0. The van der Waals surface area contributed by atoms with E-state index in [-0.39, 0.29) is 18.5 Å². The van der Waals surface area contributed by atoms with Crippen LogP contribution in [-0.4, -0.2) is 18.5 Å².